The molecule has 6 nitrogen and oxygen atoms in total. The minimum Gasteiger partial charge on any atom is -1.00 e. The van der Waals surface area contributed by atoms with E-state index in [4.69, 9.17) is 9.40 Å². The van der Waals surface area contributed by atoms with Gasteiger partial charge in [-0.3, -0.25) is 0 Å². The summed E-state index contributed by atoms with van der Waals surface area (Å²) in [5, 5.41) is 13.7. The Kier molecular flexibility index (Phi) is 6.03. The zero-order chi connectivity index (χ0) is 19.7. The fraction of sp³-hybridized carbons (Fsp3) is 0.227. The Hall–Kier alpha value is -3.12. The number of hydrogen-bond donors (Lipinski definition) is 2. The molecule has 0 aliphatic heterocycles. The van der Waals surface area contributed by atoms with Crippen molar-refractivity contribution in [2.24, 2.45) is 5.92 Å². The lowest BCUT2D eigenvalue weighted by molar-refractivity contribution is -0.139. The van der Waals surface area contributed by atoms with Crippen LogP contribution in [0.25, 0.3) is 33.5 Å². The Morgan fingerprint density at radius 1 is 1.10 bits per heavy atom. The number of nitrogens with zero attached hydrogens (tertiary/aromatic N) is 2. The van der Waals surface area contributed by atoms with E-state index in [0.717, 1.165) is 17.4 Å². The minimum atomic E-state index is -0.918. The van der Waals surface area contributed by atoms with E-state index >= 15 is 0 Å². The molecule has 2 atom stereocenters. The number of carbonyl (C=O) groups is 1. The zero-order valence-electron chi connectivity index (χ0n) is 16.1. The highest BCUT2D eigenvalue weighted by molar-refractivity contribution is 6.06. The van der Waals surface area contributed by atoms with Crippen LogP contribution in [0.2, 0.25) is 0 Å². The molecule has 0 saturated carbocycles. The van der Waals surface area contributed by atoms with Crippen molar-refractivity contribution >= 4 is 33.9 Å². The topological polar surface area (TPSA) is 88.3 Å². The van der Waals surface area contributed by atoms with Crippen LogP contribution in [0, 0.1) is 5.92 Å². The lowest BCUT2D eigenvalue weighted by atomic mass is 9.99. The minimum absolute atomic E-state index is 0. The molecule has 4 rings (SSSR count). The monoisotopic (exact) mass is 410 g/mol. The second-order valence-corrected chi connectivity index (χ2v) is 6.88. The van der Waals surface area contributed by atoms with Crippen molar-refractivity contribution in [2.45, 2.75) is 26.3 Å². The summed E-state index contributed by atoms with van der Waals surface area (Å²) in [7, 11) is 0. The number of rotatable bonds is 6. The van der Waals surface area contributed by atoms with Crippen molar-refractivity contribution in [1.82, 2.24) is 9.97 Å². The quantitative estimate of drug-likeness (QED) is 0.505. The molecule has 29 heavy (non-hydrogen) atoms. The third kappa shape index (κ3) is 3.89. The van der Waals surface area contributed by atoms with Gasteiger partial charge >= 0.3 is 5.97 Å². The summed E-state index contributed by atoms with van der Waals surface area (Å²) in [6.45, 7) is 3.87. The number of hydrogen-bond acceptors (Lipinski definition) is 5. The van der Waals surface area contributed by atoms with Crippen molar-refractivity contribution in [3.05, 3.63) is 54.6 Å². The maximum absolute atomic E-state index is 11.8. The Balaban J connectivity index is 0.00000240. The number of nitrogens with one attached hydrogen (secondary N) is 1. The van der Waals surface area contributed by atoms with Gasteiger partial charge < -0.3 is 27.2 Å². The molecule has 0 radical (unpaired) electrons. The van der Waals surface area contributed by atoms with E-state index in [2.05, 4.69) is 10.3 Å². The molecule has 0 fully saturated rings. The van der Waals surface area contributed by atoms with Crippen LogP contribution in [0.4, 0.5) is 5.82 Å². The average Bonchev–Trinajstić information content (AvgIpc) is 3.10. The summed E-state index contributed by atoms with van der Waals surface area (Å²) in [6, 6.07) is 16.5. The second-order valence-electron chi connectivity index (χ2n) is 6.88. The molecule has 0 amide bonds. The second kappa shape index (κ2) is 8.49. The third-order valence-electron chi connectivity index (χ3n) is 5.02. The van der Waals surface area contributed by atoms with E-state index in [1.807, 2.05) is 68.4 Å². The number of halogens is 1. The molecule has 0 saturated heterocycles. The van der Waals surface area contributed by atoms with Gasteiger partial charge in [-0.2, -0.15) is 0 Å². The van der Waals surface area contributed by atoms with Gasteiger partial charge in [0.2, 0.25) is 0 Å². The highest BCUT2D eigenvalue weighted by Gasteiger charge is 2.26. The number of aliphatic carboxylic acids is 1. The van der Waals surface area contributed by atoms with E-state index in [1.165, 1.54) is 0 Å². The van der Waals surface area contributed by atoms with Crippen molar-refractivity contribution < 1.29 is 26.7 Å². The van der Waals surface area contributed by atoms with Gasteiger partial charge in [0.15, 0.2) is 17.2 Å². The van der Waals surface area contributed by atoms with Gasteiger partial charge in [0.05, 0.1) is 0 Å². The first-order valence-electron chi connectivity index (χ1n) is 9.32. The first kappa shape index (κ1) is 20.6. The first-order valence-corrected chi connectivity index (χ1v) is 9.32. The first-order chi connectivity index (χ1) is 13.6. The average molecular weight is 411 g/mol. The van der Waals surface area contributed by atoms with Gasteiger partial charge in [0.25, 0.3) is 0 Å². The van der Waals surface area contributed by atoms with Gasteiger partial charge in [-0.25, -0.2) is 14.8 Å². The molecule has 2 aromatic heterocycles. The van der Waals surface area contributed by atoms with E-state index in [0.29, 0.717) is 28.3 Å². The normalized spacial score (nSPS) is 13.0. The maximum atomic E-state index is 11.8. The molecular formula is C22H21ClN3O3-. The number of para-hydroxylation sites is 1. The molecule has 4 aromatic rings. The summed E-state index contributed by atoms with van der Waals surface area (Å²) in [6.07, 6.45) is 0.726. The fourth-order valence-corrected chi connectivity index (χ4v) is 3.24. The molecule has 2 unspecified atom stereocenters. The van der Waals surface area contributed by atoms with Crippen molar-refractivity contribution in [1.29, 1.82) is 0 Å². The smallest absolute Gasteiger partial charge is 0.326 e. The number of fused-ring (bicyclic) bond motifs is 3. The highest BCUT2D eigenvalue weighted by atomic mass is 35.5. The lowest BCUT2D eigenvalue weighted by Gasteiger charge is -2.20. The summed E-state index contributed by atoms with van der Waals surface area (Å²) in [5.41, 5.74) is 2.68. The molecule has 150 valence electrons. The van der Waals surface area contributed by atoms with Gasteiger partial charge in [-0.1, -0.05) is 62.7 Å². The number of aromatic nitrogens is 2. The molecular weight excluding hydrogens is 390 g/mol. The van der Waals surface area contributed by atoms with E-state index < -0.39 is 12.0 Å². The van der Waals surface area contributed by atoms with Crippen molar-refractivity contribution in [3.8, 4) is 11.4 Å². The summed E-state index contributed by atoms with van der Waals surface area (Å²) < 4.78 is 5.99. The van der Waals surface area contributed by atoms with Crippen LogP contribution in [-0.4, -0.2) is 27.1 Å². The van der Waals surface area contributed by atoms with Crippen molar-refractivity contribution in [2.75, 3.05) is 5.32 Å². The van der Waals surface area contributed by atoms with Crippen molar-refractivity contribution in [3.63, 3.8) is 0 Å². The van der Waals surface area contributed by atoms with E-state index in [-0.39, 0.29) is 18.3 Å². The molecule has 7 heteroatoms. The van der Waals surface area contributed by atoms with Crippen LogP contribution in [0.3, 0.4) is 0 Å². The number of carboxylic acid groups (broad SMARTS) is 1. The van der Waals surface area contributed by atoms with Crippen LogP contribution in [-0.2, 0) is 4.79 Å². The van der Waals surface area contributed by atoms with Gasteiger partial charge in [-0.15, -0.1) is 0 Å². The largest absolute Gasteiger partial charge is 1.00 e. The van der Waals surface area contributed by atoms with Crippen LogP contribution < -0.4 is 17.7 Å². The summed E-state index contributed by atoms with van der Waals surface area (Å²) >= 11 is 0. The predicted molar refractivity (Wildman–Crippen MR) is 109 cm³/mol. The molecule has 2 heterocycles. The molecule has 0 spiro atoms. The van der Waals surface area contributed by atoms with E-state index in [1.54, 1.807) is 0 Å². The molecule has 0 bridgehead atoms. The Labute approximate surface area is 174 Å². The lowest BCUT2D eigenvalue weighted by Crippen LogP contribution is -3.00. The standard InChI is InChI=1S/C22H21N3O3.ClH/c1-3-13(2)17(22(26)27)23-21-19-18(15-11-7-8-12-16(15)28-19)24-20(25-21)14-9-5-4-6-10-14;/h4-13,17H,3H2,1-2H3,(H,26,27)(H,23,24,25);1H/p-1. The molecule has 2 N–H and O–H groups in total. The number of anilines is 1. The van der Waals surface area contributed by atoms with Crippen LogP contribution in [0.15, 0.2) is 59.0 Å². The predicted octanol–water partition coefficient (Wildman–Crippen LogP) is 1.96. The summed E-state index contributed by atoms with van der Waals surface area (Å²) in [4.78, 5) is 21.2. The van der Waals surface area contributed by atoms with Gasteiger partial charge in [-0.05, 0) is 18.1 Å². The maximum Gasteiger partial charge on any atom is 0.326 e. The Morgan fingerprint density at radius 2 is 1.79 bits per heavy atom. The molecule has 0 aliphatic carbocycles. The van der Waals surface area contributed by atoms with Crippen LogP contribution >= 0.6 is 0 Å². The fourth-order valence-electron chi connectivity index (χ4n) is 3.24. The van der Waals surface area contributed by atoms with Crippen LogP contribution in [0.1, 0.15) is 20.3 Å². The molecule has 0 aliphatic rings. The SMILES string of the molecule is CCC(C)C(Nc1nc(-c2ccccc2)nc2c1oc1ccccc12)C(=O)O.[Cl-]. The van der Waals surface area contributed by atoms with Gasteiger partial charge in [0, 0.05) is 10.9 Å². The third-order valence-corrected chi connectivity index (χ3v) is 5.02. The number of benzene rings is 2. The van der Waals surface area contributed by atoms with Gasteiger partial charge in [0.1, 0.15) is 17.1 Å². The van der Waals surface area contributed by atoms with E-state index in [9.17, 15) is 9.90 Å². The Bertz CT molecular complexity index is 1140. The summed E-state index contributed by atoms with van der Waals surface area (Å²) in [5.74, 6) is -0.0752. The number of furan rings is 1. The highest BCUT2D eigenvalue weighted by Crippen LogP contribution is 2.33. The molecule has 2 aromatic carbocycles. The zero-order valence-corrected chi connectivity index (χ0v) is 16.8. The number of carboxylic acids is 1. The Morgan fingerprint density at radius 3 is 2.48 bits per heavy atom. The van der Waals surface area contributed by atoms with Crippen LogP contribution in [0.5, 0.6) is 0 Å².